The Kier molecular flexibility index (Phi) is 5.16. The number of aliphatic carboxylic acids is 1. The van der Waals surface area contributed by atoms with Crippen LogP contribution in [0.1, 0.15) is 47.0 Å². The molecule has 3 rings (SSSR count). The van der Waals surface area contributed by atoms with E-state index in [9.17, 15) is 32.7 Å². The molecule has 0 bridgehead atoms. The number of carbonyl (C=O) groups is 3. The summed E-state index contributed by atoms with van der Waals surface area (Å²) in [5.74, 6) is -4.60. The van der Waals surface area contributed by atoms with Gasteiger partial charge in [0.05, 0.1) is 11.7 Å². The normalized spacial score (nSPS) is 31.3. The van der Waals surface area contributed by atoms with Crippen molar-refractivity contribution in [1.29, 1.82) is 0 Å². The third kappa shape index (κ3) is 3.83. The van der Waals surface area contributed by atoms with Gasteiger partial charge >= 0.3 is 18.1 Å². The molecule has 0 spiro atoms. The average Bonchev–Trinajstić information content (AvgIpc) is 2.94. The van der Waals surface area contributed by atoms with E-state index in [4.69, 9.17) is 4.74 Å². The number of carboxylic acids is 1. The maximum absolute atomic E-state index is 13.1. The SMILES string of the molecule is C[C@@H](OC1(C)CCC1)[C@H](NC(=O)C(F)(F)F)C(=O)N1C[C@H]2[C@@H]([C@H]1C(=O)O)C2(C)C. The first-order valence-corrected chi connectivity index (χ1v) is 9.78. The molecule has 0 unspecified atom stereocenters. The summed E-state index contributed by atoms with van der Waals surface area (Å²) in [4.78, 5) is 37.6. The van der Waals surface area contributed by atoms with Crippen LogP contribution in [0.4, 0.5) is 13.2 Å². The lowest BCUT2D eigenvalue weighted by Crippen LogP contribution is -2.60. The minimum atomic E-state index is -5.17. The van der Waals surface area contributed by atoms with Crippen molar-refractivity contribution >= 4 is 17.8 Å². The monoisotopic (exact) mass is 420 g/mol. The van der Waals surface area contributed by atoms with E-state index in [0.29, 0.717) is 12.8 Å². The van der Waals surface area contributed by atoms with Gasteiger partial charge in [-0.3, -0.25) is 9.59 Å². The van der Waals surface area contributed by atoms with Crippen molar-refractivity contribution in [3.63, 3.8) is 0 Å². The third-order valence-corrected chi connectivity index (χ3v) is 6.91. The maximum Gasteiger partial charge on any atom is 0.471 e. The van der Waals surface area contributed by atoms with E-state index < -0.39 is 47.7 Å². The molecule has 1 aliphatic heterocycles. The van der Waals surface area contributed by atoms with E-state index in [0.717, 1.165) is 11.3 Å². The van der Waals surface area contributed by atoms with Gasteiger partial charge in [-0.1, -0.05) is 13.8 Å². The van der Waals surface area contributed by atoms with Gasteiger partial charge in [-0.05, 0) is 44.4 Å². The smallest absolute Gasteiger partial charge is 0.471 e. The highest BCUT2D eigenvalue weighted by Crippen LogP contribution is 2.64. The van der Waals surface area contributed by atoms with Crippen molar-refractivity contribution in [3.8, 4) is 0 Å². The highest BCUT2D eigenvalue weighted by molar-refractivity contribution is 5.93. The number of carboxylic acid groups (broad SMARTS) is 1. The van der Waals surface area contributed by atoms with E-state index in [1.54, 1.807) is 12.2 Å². The van der Waals surface area contributed by atoms with Gasteiger partial charge in [0.2, 0.25) is 5.91 Å². The molecule has 3 aliphatic rings. The van der Waals surface area contributed by atoms with Gasteiger partial charge in [0.1, 0.15) is 12.1 Å². The Hall–Kier alpha value is -1.84. The molecule has 0 aromatic heterocycles. The lowest BCUT2D eigenvalue weighted by atomic mass is 9.81. The number of halogens is 3. The van der Waals surface area contributed by atoms with Crippen molar-refractivity contribution in [3.05, 3.63) is 0 Å². The number of likely N-dealkylation sites (tertiary alicyclic amines) is 1. The molecule has 2 saturated carbocycles. The number of alkyl halides is 3. The number of hydrogen-bond donors (Lipinski definition) is 2. The second kappa shape index (κ2) is 6.85. The van der Waals surface area contributed by atoms with Crippen molar-refractivity contribution in [1.82, 2.24) is 10.2 Å². The van der Waals surface area contributed by atoms with E-state index >= 15 is 0 Å². The van der Waals surface area contributed by atoms with Crippen LogP contribution in [-0.4, -0.2) is 64.3 Å². The van der Waals surface area contributed by atoms with Gasteiger partial charge in [-0.2, -0.15) is 13.2 Å². The van der Waals surface area contributed by atoms with Gasteiger partial charge in [-0.25, -0.2) is 4.79 Å². The molecule has 29 heavy (non-hydrogen) atoms. The Bertz CT molecular complexity index is 719. The Labute approximate surface area is 166 Å². The molecule has 5 atom stereocenters. The van der Waals surface area contributed by atoms with Crippen molar-refractivity contribution in [2.24, 2.45) is 17.3 Å². The molecule has 1 heterocycles. The lowest BCUT2D eigenvalue weighted by molar-refractivity contribution is -0.180. The summed E-state index contributed by atoms with van der Waals surface area (Å²) in [6.45, 7) is 7.18. The number of hydrogen-bond acceptors (Lipinski definition) is 4. The summed E-state index contributed by atoms with van der Waals surface area (Å²) < 4.78 is 44.3. The zero-order valence-electron chi connectivity index (χ0n) is 16.9. The minimum Gasteiger partial charge on any atom is -0.480 e. The number of amides is 2. The molecular weight excluding hydrogens is 393 g/mol. The van der Waals surface area contributed by atoms with E-state index in [1.807, 2.05) is 13.8 Å². The first-order chi connectivity index (χ1) is 13.2. The summed E-state index contributed by atoms with van der Waals surface area (Å²) in [5.41, 5.74) is -0.811. The highest BCUT2D eigenvalue weighted by Gasteiger charge is 2.70. The second-order valence-electron chi connectivity index (χ2n) is 9.30. The summed E-state index contributed by atoms with van der Waals surface area (Å²) in [6.07, 6.45) is -3.91. The fourth-order valence-corrected chi connectivity index (χ4v) is 4.89. The zero-order chi connectivity index (χ0) is 21.9. The standard InChI is InChI=1S/C19H27F3N2O5/c1-9(29-18(4)6-5-7-18)12(23-16(28)19(20,21)22)14(25)24-8-10-11(17(10,2)3)13(24)15(26)27/h9-13H,5-8H2,1-4H3,(H,23,28)(H,26,27)/t9-,10+,11+,12+,13+/m1/s1. The summed E-state index contributed by atoms with van der Waals surface area (Å²) in [7, 11) is 0. The largest absolute Gasteiger partial charge is 0.480 e. The van der Waals surface area contributed by atoms with Crippen LogP contribution >= 0.6 is 0 Å². The number of rotatable bonds is 6. The predicted molar refractivity (Wildman–Crippen MR) is 94.7 cm³/mol. The number of carbonyl (C=O) groups excluding carboxylic acids is 2. The fourth-order valence-electron chi connectivity index (χ4n) is 4.89. The van der Waals surface area contributed by atoms with Crippen LogP contribution in [0.2, 0.25) is 0 Å². The number of fused-ring (bicyclic) bond motifs is 1. The first-order valence-electron chi connectivity index (χ1n) is 9.78. The average molecular weight is 420 g/mol. The quantitative estimate of drug-likeness (QED) is 0.685. The molecule has 7 nitrogen and oxygen atoms in total. The van der Waals surface area contributed by atoms with Crippen molar-refractivity contribution in [2.75, 3.05) is 6.54 Å². The number of nitrogens with one attached hydrogen (secondary N) is 1. The maximum atomic E-state index is 13.1. The van der Waals surface area contributed by atoms with Crippen LogP contribution in [0.5, 0.6) is 0 Å². The molecule has 3 fully saturated rings. The summed E-state index contributed by atoms with van der Waals surface area (Å²) in [6, 6.07) is -2.75. The molecule has 0 aromatic rings. The Morgan fingerprint density at radius 3 is 2.24 bits per heavy atom. The molecule has 164 valence electrons. The fraction of sp³-hybridized carbons (Fsp3) is 0.842. The number of ether oxygens (including phenoxy) is 1. The van der Waals surface area contributed by atoms with E-state index in [-0.39, 0.29) is 23.8 Å². The Morgan fingerprint density at radius 2 is 1.79 bits per heavy atom. The van der Waals surface area contributed by atoms with Gasteiger partial charge in [0, 0.05) is 12.5 Å². The minimum absolute atomic E-state index is 0.0353. The summed E-state index contributed by atoms with van der Waals surface area (Å²) >= 11 is 0. The van der Waals surface area contributed by atoms with Crippen LogP contribution in [0.3, 0.4) is 0 Å². The van der Waals surface area contributed by atoms with Crippen LogP contribution in [0.15, 0.2) is 0 Å². The molecule has 0 aromatic carbocycles. The molecule has 2 aliphatic carbocycles. The van der Waals surface area contributed by atoms with E-state index in [2.05, 4.69) is 0 Å². The molecule has 10 heteroatoms. The molecule has 1 saturated heterocycles. The van der Waals surface area contributed by atoms with Crippen LogP contribution in [0, 0.1) is 17.3 Å². The number of nitrogens with zero attached hydrogens (tertiary/aromatic N) is 1. The van der Waals surface area contributed by atoms with Crippen LogP contribution < -0.4 is 5.32 Å². The Morgan fingerprint density at radius 1 is 1.21 bits per heavy atom. The van der Waals surface area contributed by atoms with Crippen LogP contribution in [0.25, 0.3) is 0 Å². The third-order valence-electron chi connectivity index (χ3n) is 6.91. The molecule has 2 amide bonds. The van der Waals surface area contributed by atoms with E-state index in [1.165, 1.54) is 6.92 Å². The number of piperidine rings is 1. The van der Waals surface area contributed by atoms with Crippen molar-refractivity contribution < 1.29 is 37.4 Å². The highest BCUT2D eigenvalue weighted by atomic mass is 19.4. The Balaban J connectivity index is 1.82. The van der Waals surface area contributed by atoms with Gasteiger partial charge < -0.3 is 20.1 Å². The zero-order valence-corrected chi connectivity index (χ0v) is 16.9. The van der Waals surface area contributed by atoms with Gasteiger partial charge in [-0.15, -0.1) is 0 Å². The molecule has 2 N–H and O–H groups in total. The van der Waals surface area contributed by atoms with Gasteiger partial charge in [0.25, 0.3) is 0 Å². The summed E-state index contributed by atoms with van der Waals surface area (Å²) in [5, 5.41) is 11.4. The van der Waals surface area contributed by atoms with Crippen molar-refractivity contribution in [2.45, 2.75) is 76.9 Å². The topological polar surface area (TPSA) is 95.9 Å². The van der Waals surface area contributed by atoms with Crippen LogP contribution in [-0.2, 0) is 19.1 Å². The molecular formula is C19H27F3N2O5. The predicted octanol–water partition coefficient (Wildman–Crippen LogP) is 1.95. The van der Waals surface area contributed by atoms with Gasteiger partial charge in [0.15, 0.2) is 0 Å². The molecule has 0 radical (unpaired) electrons. The lowest BCUT2D eigenvalue weighted by Gasteiger charge is -2.42. The second-order valence-corrected chi connectivity index (χ2v) is 9.30. The first kappa shape index (κ1) is 21.9.